The molecule has 0 fully saturated rings. The highest BCUT2D eigenvalue weighted by Crippen LogP contribution is 2.21. The predicted molar refractivity (Wildman–Crippen MR) is 80.2 cm³/mol. The first-order valence-corrected chi connectivity index (χ1v) is 6.41. The van der Waals surface area contributed by atoms with Crippen LogP contribution in [0.5, 0.6) is 11.5 Å². The molecule has 2 aromatic carbocycles. The van der Waals surface area contributed by atoms with Crippen LogP contribution in [0.3, 0.4) is 0 Å². The van der Waals surface area contributed by atoms with E-state index in [0.29, 0.717) is 10.0 Å². The molecule has 0 aliphatic rings. The molecule has 4 N–H and O–H groups in total. The molecule has 0 aromatic heterocycles. The lowest BCUT2D eigenvalue weighted by atomic mass is 10.2. The summed E-state index contributed by atoms with van der Waals surface area (Å²) in [4.78, 5) is 20.7. The first kappa shape index (κ1) is 17.6. The molecule has 0 amide bonds. The number of carbonyl (C=O) groups is 2. The quantitative estimate of drug-likeness (QED) is 0.662. The van der Waals surface area contributed by atoms with Crippen LogP contribution in [-0.4, -0.2) is 32.4 Å². The fourth-order valence-corrected chi connectivity index (χ4v) is 1.70. The first-order valence-electron chi connectivity index (χ1n) is 5.66. The van der Waals surface area contributed by atoms with E-state index < -0.39 is 11.9 Å². The second-order valence-electron chi connectivity index (χ2n) is 3.93. The fourth-order valence-electron chi connectivity index (χ4n) is 1.36. The van der Waals surface area contributed by atoms with Crippen molar-refractivity contribution >= 4 is 35.1 Å². The van der Waals surface area contributed by atoms with Crippen molar-refractivity contribution in [1.29, 1.82) is 0 Å². The third kappa shape index (κ3) is 4.83. The molecule has 116 valence electrons. The van der Waals surface area contributed by atoms with Crippen molar-refractivity contribution in [3.63, 3.8) is 0 Å². The highest BCUT2D eigenvalue weighted by molar-refractivity contribution is 6.31. The van der Waals surface area contributed by atoms with Crippen LogP contribution in [0.15, 0.2) is 36.4 Å². The van der Waals surface area contributed by atoms with Gasteiger partial charge in [-0.3, -0.25) is 0 Å². The summed E-state index contributed by atoms with van der Waals surface area (Å²) in [6.07, 6.45) is 0. The van der Waals surface area contributed by atoms with E-state index in [1.165, 1.54) is 36.4 Å². The second kappa shape index (κ2) is 7.53. The van der Waals surface area contributed by atoms with Crippen LogP contribution in [0, 0.1) is 0 Å². The lowest BCUT2D eigenvalue weighted by Gasteiger charge is -1.97. The Morgan fingerprint density at radius 1 is 0.727 bits per heavy atom. The zero-order valence-electron chi connectivity index (χ0n) is 10.8. The maximum absolute atomic E-state index is 10.4. The molecule has 0 saturated heterocycles. The van der Waals surface area contributed by atoms with Gasteiger partial charge in [0.2, 0.25) is 0 Å². The third-order valence-electron chi connectivity index (χ3n) is 2.38. The Bertz CT molecular complexity index is 653. The molecule has 22 heavy (non-hydrogen) atoms. The van der Waals surface area contributed by atoms with Crippen molar-refractivity contribution in [2.45, 2.75) is 0 Å². The molecule has 2 aromatic rings. The minimum Gasteiger partial charge on any atom is -0.507 e. The Hall–Kier alpha value is -2.44. The summed E-state index contributed by atoms with van der Waals surface area (Å²) in [6.45, 7) is 0. The van der Waals surface area contributed by atoms with E-state index in [4.69, 9.17) is 43.6 Å². The summed E-state index contributed by atoms with van der Waals surface area (Å²) in [7, 11) is 0. The predicted octanol–water partition coefficient (Wildman–Crippen LogP) is 3.49. The van der Waals surface area contributed by atoms with E-state index >= 15 is 0 Å². The average Bonchev–Trinajstić information content (AvgIpc) is 2.44. The van der Waals surface area contributed by atoms with Crippen molar-refractivity contribution in [2.75, 3.05) is 0 Å². The van der Waals surface area contributed by atoms with Crippen LogP contribution in [0.4, 0.5) is 0 Å². The van der Waals surface area contributed by atoms with Crippen LogP contribution in [0.25, 0.3) is 0 Å². The van der Waals surface area contributed by atoms with Gasteiger partial charge < -0.3 is 20.4 Å². The number of halogens is 2. The maximum Gasteiger partial charge on any atom is 0.339 e. The normalized spacial score (nSPS) is 9.55. The van der Waals surface area contributed by atoms with Gasteiger partial charge in [-0.2, -0.15) is 0 Å². The summed E-state index contributed by atoms with van der Waals surface area (Å²) in [6, 6.07) is 7.71. The van der Waals surface area contributed by atoms with E-state index in [9.17, 15) is 9.59 Å². The minimum atomic E-state index is -1.19. The summed E-state index contributed by atoms with van der Waals surface area (Å²) >= 11 is 11.0. The highest BCUT2D eigenvalue weighted by atomic mass is 35.5. The molecule has 0 radical (unpaired) electrons. The molecule has 8 heteroatoms. The second-order valence-corrected chi connectivity index (χ2v) is 4.81. The number of carboxylic acids is 2. The van der Waals surface area contributed by atoms with Gasteiger partial charge in [0.25, 0.3) is 0 Å². The Labute approximate surface area is 134 Å². The zero-order chi connectivity index (χ0) is 16.9. The SMILES string of the molecule is O=C(O)c1cc(Cl)ccc1O.O=C(O)c1cc(Cl)ccc1O. The van der Waals surface area contributed by atoms with Crippen LogP contribution in [0.1, 0.15) is 20.7 Å². The lowest BCUT2D eigenvalue weighted by Crippen LogP contribution is -1.95. The topological polar surface area (TPSA) is 115 Å². The zero-order valence-corrected chi connectivity index (χ0v) is 12.3. The molecule has 0 heterocycles. The number of carboxylic acid groups (broad SMARTS) is 2. The summed E-state index contributed by atoms with van der Waals surface area (Å²) < 4.78 is 0. The van der Waals surface area contributed by atoms with E-state index in [1.807, 2.05) is 0 Å². The summed E-state index contributed by atoms with van der Waals surface area (Å²) in [5, 5.41) is 35.5. The van der Waals surface area contributed by atoms with Crippen LogP contribution >= 0.6 is 23.2 Å². The molecular formula is C14H10Cl2O6. The van der Waals surface area contributed by atoms with Crippen molar-refractivity contribution in [3.8, 4) is 11.5 Å². The van der Waals surface area contributed by atoms with Gasteiger partial charge in [0.1, 0.15) is 22.6 Å². The molecular weight excluding hydrogens is 335 g/mol. The van der Waals surface area contributed by atoms with Gasteiger partial charge in [-0.15, -0.1) is 0 Å². The van der Waals surface area contributed by atoms with E-state index in [1.54, 1.807) is 0 Å². The molecule has 0 atom stereocenters. The number of hydrogen-bond acceptors (Lipinski definition) is 4. The van der Waals surface area contributed by atoms with Gasteiger partial charge in [-0.25, -0.2) is 9.59 Å². The Morgan fingerprint density at radius 2 is 1.05 bits per heavy atom. The van der Waals surface area contributed by atoms with E-state index in [0.717, 1.165) is 0 Å². The lowest BCUT2D eigenvalue weighted by molar-refractivity contribution is 0.0682. The number of hydrogen-bond donors (Lipinski definition) is 4. The highest BCUT2D eigenvalue weighted by Gasteiger charge is 2.09. The molecule has 0 spiro atoms. The van der Waals surface area contributed by atoms with E-state index in [2.05, 4.69) is 0 Å². The maximum atomic E-state index is 10.4. The van der Waals surface area contributed by atoms with Crippen LogP contribution in [0.2, 0.25) is 10.0 Å². The van der Waals surface area contributed by atoms with Gasteiger partial charge in [-0.1, -0.05) is 23.2 Å². The Balaban J connectivity index is 0.000000220. The molecule has 0 unspecified atom stereocenters. The number of rotatable bonds is 2. The molecule has 6 nitrogen and oxygen atoms in total. The van der Waals surface area contributed by atoms with Crippen LogP contribution in [-0.2, 0) is 0 Å². The number of phenols is 2. The summed E-state index contributed by atoms with van der Waals surface area (Å²) in [5.74, 6) is -2.93. The van der Waals surface area contributed by atoms with Gasteiger partial charge >= 0.3 is 11.9 Å². The molecule has 2 rings (SSSR count). The fraction of sp³-hybridized carbons (Fsp3) is 0. The van der Waals surface area contributed by atoms with Crippen molar-refractivity contribution in [1.82, 2.24) is 0 Å². The van der Waals surface area contributed by atoms with Crippen LogP contribution < -0.4 is 0 Å². The number of aromatic hydroxyl groups is 2. The van der Waals surface area contributed by atoms with Gasteiger partial charge in [-0.05, 0) is 36.4 Å². The van der Waals surface area contributed by atoms with Gasteiger partial charge in [0, 0.05) is 10.0 Å². The molecule has 0 bridgehead atoms. The standard InChI is InChI=1S/2C7H5ClO3/c2*8-4-1-2-6(9)5(3-4)7(10)11/h2*1-3,9H,(H,10,11). The Kier molecular flexibility index (Phi) is 6.03. The third-order valence-corrected chi connectivity index (χ3v) is 2.85. The smallest absolute Gasteiger partial charge is 0.339 e. The molecule has 0 saturated carbocycles. The van der Waals surface area contributed by atoms with Crippen molar-refractivity contribution in [2.24, 2.45) is 0 Å². The van der Waals surface area contributed by atoms with E-state index in [-0.39, 0.29) is 22.6 Å². The number of benzene rings is 2. The molecule has 0 aliphatic heterocycles. The van der Waals surface area contributed by atoms with Crippen molar-refractivity contribution in [3.05, 3.63) is 57.6 Å². The average molecular weight is 345 g/mol. The molecule has 0 aliphatic carbocycles. The Morgan fingerprint density at radius 3 is 1.27 bits per heavy atom. The largest absolute Gasteiger partial charge is 0.507 e. The van der Waals surface area contributed by atoms with Gasteiger partial charge in [0.05, 0.1) is 0 Å². The number of aromatic carboxylic acids is 2. The first-order chi connectivity index (χ1) is 10.2. The summed E-state index contributed by atoms with van der Waals surface area (Å²) in [5.41, 5.74) is -0.366. The monoisotopic (exact) mass is 344 g/mol. The minimum absolute atomic E-state index is 0.183. The van der Waals surface area contributed by atoms with Crippen molar-refractivity contribution < 1.29 is 30.0 Å². The van der Waals surface area contributed by atoms with Gasteiger partial charge in [0.15, 0.2) is 0 Å².